The van der Waals surface area contributed by atoms with Crippen LogP contribution in [-0.4, -0.2) is 12.2 Å². The molecule has 0 saturated heterocycles. The van der Waals surface area contributed by atoms with Crippen LogP contribution in [0.25, 0.3) is 0 Å². The zero-order chi connectivity index (χ0) is 11.0. The fraction of sp³-hybridized carbons (Fsp3) is 0.455. The van der Waals surface area contributed by atoms with Gasteiger partial charge in [-0.15, -0.1) is 12.4 Å². The van der Waals surface area contributed by atoms with E-state index in [1.807, 2.05) is 6.07 Å². The Labute approximate surface area is 110 Å². The number of nitrogens with two attached hydrogens (primary N) is 1. The monoisotopic (exact) mass is 307 g/mol. The molecule has 0 heterocycles. The first-order chi connectivity index (χ1) is 7.13. The lowest BCUT2D eigenvalue weighted by Gasteiger charge is -2.15. The number of rotatable bonds is 3. The van der Waals surface area contributed by atoms with Gasteiger partial charge in [-0.1, -0.05) is 0 Å². The van der Waals surface area contributed by atoms with Crippen LogP contribution in [0.5, 0.6) is 11.5 Å². The third-order valence-electron chi connectivity index (χ3n) is 2.79. The molecular weight excluding hydrogens is 293 g/mol. The number of hydrogen-bond acceptors (Lipinski definition) is 3. The Morgan fingerprint density at radius 3 is 2.62 bits per heavy atom. The van der Waals surface area contributed by atoms with Gasteiger partial charge in [0, 0.05) is 11.6 Å². The highest BCUT2D eigenvalue weighted by Gasteiger charge is 2.31. The fourth-order valence-corrected chi connectivity index (χ4v) is 2.13. The fourth-order valence-electron chi connectivity index (χ4n) is 1.68. The van der Waals surface area contributed by atoms with E-state index in [2.05, 4.69) is 15.9 Å². The van der Waals surface area contributed by atoms with E-state index in [1.165, 1.54) is 0 Å². The molecule has 1 fully saturated rings. The molecule has 1 saturated carbocycles. The molecule has 1 aromatic rings. The Hall–Kier alpha value is -0.450. The van der Waals surface area contributed by atoms with E-state index in [0.717, 1.165) is 18.4 Å². The summed E-state index contributed by atoms with van der Waals surface area (Å²) >= 11 is 3.29. The number of aromatic hydroxyl groups is 1. The van der Waals surface area contributed by atoms with Gasteiger partial charge in [0.05, 0.1) is 11.6 Å². The molecule has 0 amide bonds. The van der Waals surface area contributed by atoms with Crippen molar-refractivity contribution in [3.05, 3.63) is 22.2 Å². The van der Waals surface area contributed by atoms with Gasteiger partial charge in [-0.05, 0) is 46.8 Å². The minimum atomic E-state index is -0.0867. The van der Waals surface area contributed by atoms with Crippen molar-refractivity contribution in [1.29, 1.82) is 0 Å². The van der Waals surface area contributed by atoms with E-state index in [4.69, 9.17) is 10.5 Å². The Morgan fingerprint density at radius 2 is 2.12 bits per heavy atom. The second-order valence-electron chi connectivity index (χ2n) is 3.91. The summed E-state index contributed by atoms with van der Waals surface area (Å²) in [6, 6.07) is 3.46. The van der Waals surface area contributed by atoms with Gasteiger partial charge in [-0.3, -0.25) is 0 Å². The minimum Gasteiger partial charge on any atom is -0.506 e. The second kappa shape index (κ2) is 5.25. The van der Waals surface area contributed by atoms with Crippen molar-refractivity contribution in [2.45, 2.75) is 18.9 Å². The van der Waals surface area contributed by atoms with Crippen LogP contribution in [0.1, 0.15) is 24.4 Å². The number of halogens is 2. The van der Waals surface area contributed by atoms with Crippen LogP contribution >= 0.6 is 28.3 Å². The largest absolute Gasteiger partial charge is 0.506 e. The van der Waals surface area contributed by atoms with E-state index in [0.29, 0.717) is 16.1 Å². The first kappa shape index (κ1) is 13.6. The van der Waals surface area contributed by atoms with Crippen molar-refractivity contribution in [2.75, 3.05) is 7.11 Å². The highest BCUT2D eigenvalue weighted by Crippen LogP contribution is 2.44. The summed E-state index contributed by atoms with van der Waals surface area (Å²) in [7, 11) is 1.60. The SMILES string of the molecule is COc1cc(Br)c(O)c([C@@H](N)C2CC2)c1.Cl. The number of ether oxygens (including phenoxy) is 1. The van der Waals surface area contributed by atoms with Crippen LogP contribution in [0.3, 0.4) is 0 Å². The van der Waals surface area contributed by atoms with Crippen molar-refractivity contribution in [3.63, 3.8) is 0 Å². The van der Waals surface area contributed by atoms with Crippen LogP contribution in [-0.2, 0) is 0 Å². The van der Waals surface area contributed by atoms with Gasteiger partial charge < -0.3 is 15.6 Å². The van der Waals surface area contributed by atoms with Gasteiger partial charge in [0.2, 0.25) is 0 Å². The average molecular weight is 309 g/mol. The Balaban J connectivity index is 0.00000128. The predicted molar refractivity (Wildman–Crippen MR) is 69.3 cm³/mol. The van der Waals surface area contributed by atoms with Crippen molar-refractivity contribution >= 4 is 28.3 Å². The summed E-state index contributed by atoms with van der Waals surface area (Å²) in [5, 5.41) is 9.88. The highest BCUT2D eigenvalue weighted by atomic mass is 79.9. The molecule has 1 aromatic carbocycles. The van der Waals surface area contributed by atoms with E-state index >= 15 is 0 Å². The lowest BCUT2D eigenvalue weighted by atomic mass is 10.0. The third kappa shape index (κ3) is 2.62. The molecule has 1 atom stereocenters. The maximum absolute atomic E-state index is 9.88. The second-order valence-corrected chi connectivity index (χ2v) is 4.76. The maximum atomic E-state index is 9.88. The molecule has 0 aromatic heterocycles. The average Bonchev–Trinajstić information content (AvgIpc) is 3.04. The van der Waals surface area contributed by atoms with E-state index in [9.17, 15) is 5.11 Å². The van der Waals surface area contributed by atoms with Crippen molar-refractivity contribution < 1.29 is 9.84 Å². The van der Waals surface area contributed by atoms with Crippen molar-refractivity contribution in [3.8, 4) is 11.5 Å². The molecule has 1 aliphatic rings. The van der Waals surface area contributed by atoms with Gasteiger partial charge in [0.15, 0.2) is 0 Å². The quantitative estimate of drug-likeness (QED) is 0.902. The summed E-state index contributed by atoms with van der Waals surface area (Å²) < 4.78 is 5.78. The summed E-state index contributed by atoms with van der Waals surface area (Å²) in [5.74, 6) is 1.45. The third-order valence-corrected chi connectivity index (χ3v) is 3.40. The van der Waals surface area contributed by atoms with Crippen LogP contribution in [0.2, 0.25) is 0 Å². The number of methoxy groups -OCH3 is 1. The van der Waals surface area contributed by atoms with Crippen LogP contribution in [0.15, 0.2) is 16.6 Å². The first-order valence-electron chi connectivity index (χ1n) is 4.95. The number of phenolic OH excluding ortho intramolecular Hbond substituents is 1. The van der Waals surface area contributed by atoms with Crippen molar-refractivity contribution in [2.24, 2.45) is 11.7 Å². The molecule has 0 unspecified atom stereocenters. The summed E-state index contributed by atoms with van der Waals surface area (Å²) in [6.45, 7) is 0. The van der Waals surface area contributed by atoms with Crippen molar-refractivity contribution in [1.82, 2.24) is 0 Å². The zero-order valence-electron chi connectivity index (χ0n) is 8.94. The minimum absolute atomic E-state index is 0. The highest BCUT2D eigenvalue weighted by molar-refractivity contribution is 9.10. The first-order valence-corrected chi connectivity index (χ1v) is 5.74. The molecule has 2 rings (SSSR count). The standard InChI is InChI=1S/C11H14BrNO2.ClH/c1-15-7-4-8(10(13)6-2-3-6)11(14)9(12)5-7;/h4-6,10,14H,2-3,13H2,1H3;1H/t10-;/m0./s1. The molecule has 16 heavy (non-hydrogen) atoms. The molecular formula is C11H15BrClNO2. The molecule has 0 spiro atoms. The molecule has 3 N–H and O–H groups in total. The summed E-state index contributed by atoms with van der Waals surface area (Å²) in [4.78, 5) is 0. The maximum Gasteiger partial charge on any atom is 0.134 e. The zero-order valence-corrected chi connectivity index (χ0v) is 11.3. The van der Waals surface area contributed by atoms with Crippen LogP contribution < -0.4 is 10.5 Å². The molecule has 1 aliphatic carbocycles. The lowest BCUT2D eigenvalue weighted by Crippen LogP contribution is -2.12. The number of hydrogen-bond donors (Lipinski definition) is 2. The van der Waals surface area contributed by atoms with E-state index < -0.39 is 0 Å². The Kier molecular flexibility index (Phi) is 4.47. The van der Waals surface area contributed by atoms with Crippen LogP contribution in [0.4, 0.5) is 0 Å². The topological polar surface area (TPSA) is 55.5 Å². The Bertz CT molecular complexity index is 382. The van der Waals surface area contributed by atoms with E-state index in [-0.39, 0.29) is 24.2 Å². The Morgan fingerprint density at radius 1 is 1.50 bits per heavy atom. The smallest absolute Gasteiger partial charge is 0.134 e. The van der Waals surface area contributed by atoms with Gasteiger partial charge in [-0.25, -0.2) is 0 Å². The number of benzene rings is 1. The molecule has 0 bridgehead atoms. The summed E-state index contributed by atoms with van der Waals surface area (Å²) in [6.07, 6.45) is 2.30. The van der Waals surface area contributed by atoms with Crippen LogP contribution in [0, 0.1) is 5.92 Å². The normalized spacial score (nSPS) is 16.4. The molecule has 90 valence electrons. The molecule has 3 nitrogen and oxygen atoms in total. The number of phenols is 1. The lowest BCUT2D eigenvalue weighted by molar-refractivity contribution is 0.407. The molecule has 5 heteroatoms. The molecule has 0 aliphatic heterocycles. The predicted octanol–water partition coefficient (Wildman–Crippen LogP) is 2.99. The molecule has 0 radical (unpaired) electrons. The van der Waals surface area contributed by atoms with Gasteiger partial charge >= 0.3 is 0 Å². The van der Waals surface area contributed by atoms with Gasteiger partial charge in [0.25, 0.3) is 0 Å². The van der Waals surface area contributed by atoms with Gasteiger partial charge in [0.1, 0.15) is 11.5 Å². The summed E-state index contributed by atoms with van der Waals surface area (Å²) in [5.41, 5.74) is 6.82. The van der Waals surface area contributed by atoms with Gasteiger partial charge in [-0.2, -0.15) is 0 Å². The van der Waals surface area contributed by atoms with E-state index in [1.54, 1.807) is 13.2 Å².